The normalized spacial score (nSPS) is 16.0. The van der Waals surface area contributed by atoms with Gasteiger partial charge in [0.15, 0.2) is 0 Å². The van der Waals surface area contributed by atoms with Crippen molar-refractivity contribution in [3.05, 3.63) is 15.9 Å². The number of rotatable bonds is 3. The first-order valence-electron chi connectivity index (χ1n) is 5.71. The van der Waals surface area contributed by atoms with E-state index in [0.717, 1.165) is 22.3 Å². The summed E-state index contributed by atoms with van der Waals surface area (Å²) >= 11 is 3.48. The van der Waals surface area contributed by atoms with E-state index in [1.54, 1.807) is 11.7 Å². The quantitative estimate of drug-likeness (QED) is 0.786. The third kappa shape index (κ3) is 2.03. The van der Waals surface area contributed by atoms with Crippen LogP contribution < -0.4 is 0 Å². The number of carbonyl (C=O) groups is 2. The lowest BCUT2D eigenvalue weighted by Gasteiger charge is -2.14. The fourth-order valence-electron chi connectivity index (χ4n) is 1.97. The topological polar surface area (TPSA) is 58.4 Å². The summed E-state index contributed by atoms with van der Waals surface area (Å²) in [4.78, 5) is 26.2. The maximum absolute atomic E-state index is 11.8. The predicted octanol–water partition coefficient (Wildman–Crippen LogP) is 1.14. The van der Waals surface area contributed by atoms with Gasteiger partial charge in [-0.2, -0.15) is 5.10 Å². The molecule has 0 aliphatic carbocycles. The molecule has 0 aromatic carbocycles. The molecule has 1 saturated heterocycles. The third-order valence-electron chi connectivity index (χ3n) is 3.04. The van der Waals surface area contributed by atoms with E-state index in [1.807, 2.05) is 14.0 Å². The van der Waals surface area contributed by atoms with Gasteiger partial charge in [-0.1, -0.05) is 6.92 Å². The van der Waals surface area contributed by atoms with Crippen molar-refractivity contribution in [1.82, 2.24) is 19.6 Å². The predicted molar refractivity (Wildman–Crippen MR) is 68.9 cm³/mol. The van der Waals surface area contributed by atoms with E-state index in [-0.39, 0.29) is 25.0 Å². The number of hydrogen-bond donors (Lipinski definition) is 0. The highest BCUT2D eigenvalue weighted by Crippen LogP contribution is 2.24. The fraction of sp³-hybridized carbons (Fsp3) is 0.545. The molecule has 2 rings (SSSR count). The van der Waals surface area contributed by atoms with Crippen LogP contribution in [-0.2, 0) is 24.8 Å². The van der Waals surface area contributed by atoms with Crippen LogP contribution in [0.1, 0.15) is 18.3 Å². The van der Waals surface area contributed by atoms with Crippen LogP contribution in [0, 0.1) is 0 Å². The summed E-state index contributed by atoms with van der Waals surface area (Å²) in [5.74, 6) is -0.173. The van der Waals surface area contributed by atoms with Gasteiger partial charge in [0.05, 0.1) is 22.4 Å². The van der Waals surface area contributed by atoms with Crippen LogP contribution in [0.5, 0.6) is 0 Å². The average Bonchev–Trinajstić information content (AvgIpc) is 2.72. The molecule has 0 unspecified atom stereocenters. The van der Waals surface area contributed by atoms with Crippen LogP contribution in [0.2, 0.25) is 0 Å². The number of aryl methyl sites for hydroxylation is 2. The number of nitrogens with zero attached hydrogens (tertiary/aromatic N) is 4. The van der Waals surface area contributed by atoms with Gasteiger partial charge in [-0.3, -0.25) is 14.4 Å². The van der Waals surface area contributed by atoms with Gasteiger partial charge in [0, 0.05) is 14.1 Å². The lowest BCUT2D eigenvalue weighted by atomic mass is 10.3. The molecular formula is C11H15BrN4O2. The number of urea groups is 1. The lowest BCUT2D eigenvalue weighted by Crippen LogP contribution is -2.31. The van der Waals surface area contributed by atoms with Crippen molar-refractivity contribution < 1.29 is 9.59 Å². The molecule has 3 amide bonds. The summed E-state index contributed by atoms with van der Waals surface area (Å²) in [7, 11) is 3.43. The van der Waals surface area contributed by atoms with Gasteiger partial charge in [0.1, 0.15) is 6.54 Å². The smallest absolute Gasteiger partial charge is 0.318 e. The van der Waals surface area contributed by atoms with Crippen molar-refractivity contribution in [3.63, 3.8) is 0 Å². The number of carbonyl (C=O) groups excluding carboxylic acids is 2. The molecule has 18 heavy (non-hydrogen) atoms. The van der Waals surface area contributed by atoms with E-state index in [9.17, 15) is 9.59 Å². The Morgan fingerprint density at radius 2 is 2.00 bits per heavy atom. The van der Waals surface area contributed by atoms with Crippen LogP contribution in [0.3, 0.4) is 0 Å². The second-order valence-electron chi connectivity index (χ2n) is 4.30. The van der Waals surface area contributed by atoms with Gasteiger partial charge in [0.25, 0.3) is 5.91 Å². The second kappa shape index (κ2) is 4.72. The Morgan fingerprint density at radius 1 is 1.33 bits per heavy atom. The molecule has 1 fully saturated rings. The van der Waals surface area contributed by atoms with Crippen LogP contribution in [-0.4, -0.2) is 45.1 Å². The first kappa shape index (κ1) is 13.1. The molecule has 2 heterocycles. The van der Waals surface area contributed by atoms with E-state index >= 15 is 0 Å². The molecule has 0 N–H and O–H groups in total. The Kier molecular flexibility index (Phi) is 3.43. The highest BCUT2D eigenvalue weighted by atomic mass is 79.9. The second-order valence-corrected chi connectivity index (χ2v) is 5.10. The maximum atomic E-state index is 11.8. The van der Waals surface area contributed by atoms with Crippen molar-refractivity contribution in [2.45, 2.75) is 19.9 Å². The van der Waals surface area contributed by atoms with Gasteiger partial charge in [-0.15, -0.1) is 0 Å². The van der Waals surface area contributed by atoms with Crippen molar-refractivity contribution in [2.24, 2.45) is 7.05 Å². The number of likely N-dealkylation sites (N-methyl/N-ethyl adjacent to an activating group) is 1. The summed E-state index contributed by atoms with van der Waals surface area (Å²) in [5.41, 5.74) is 1.77. The number of imide groups is 1. The number of hydrogen-bond acceptors (Lipinski definition) is 3. The van der Waals surface area contributed by atoms with Crippen LogP contribution >= 0.6 is 15.9 Å². The van der Waals surface area contributed by atoms with Crippen LogP contribution in [0.15, 0.2) is 4.47 Å². The minimum absolute atomic E-state index is 0.148. The van der Waals surface area contributed by atoms with E-state index < -0.39 is 0 Å². The molecule has 0 atom stereocenters. The summed E-state index contributed by atoms with van der Waals surface area (Å²) in [6.45, 7) is 2.41. The Hall–Kier alpha value is -1.37. The van der Waals surface area contributed by atoms with Crippen molar-refractivity contribution in [3.8, 4) is 0 Å². The van der Waals surface area contributed by atoms with E-state index in [0.29, 0.717) is 0 Å². The van der Waals surface area contributed by atoms with E-state index in [1.165, 1.54) is 9.80 Å². The first-order valence-corrected chi connectivity index (χ1v) is 6.50. The van der Waals surface area contributed by atoms with Gasteiger partial charge in [-0.05, 0) is 22.4 Å². The van der Waals surface area contributed by atoms with Crippen molar-refractivity contribution in [2.75, 3.05) is 13.6 Å². The zero-order valence-corrected chi connectivity index (χ0v) is 12.2. The van der Waals surface area contributed by atoms with Gasteiger partial charge in [-0.25, -0.2) is 4.79 Å². The largest absolute Gasteiger partial charge is 0.327 e. The lowest BCUT2D eigenvalue weighted by molar-refractivity contribution is -0.125. The molecule has 1 aliphatic heterocycles. The number of amides is 3. The van der Waals surface area contributed by atoms with Gasteiger partial charge in [0.2, 0.25) is 0 Å². The summed E-state index contributed by atoms with van der Waals surface area (Å²) in [6.07, 6.45) is 0.802. The van der Waals surface area contributed by atoms with E-state index in [4.69, 9.17) is 0 Å². The molecule has 0 radical (unpaired) electrons. The molecule has 1 aromatic heterocycles. The molecule has 0 spiro atoms. The molecule has 1 aliphatic rings. The fourth-order valence-corrected chi connectivity index (χ4v) is 2.71. The Morgan fingerprint density at radius 3 is 2.44 bits per heavy atom. The Balaban J connectivity index is 2.27. The molecular weight excluding hydrogens is 300 g/mol. The standard InChI is InChI=1S/C11H15BrN4O2/c1-4-7-10(12)8(15(3)13-7)5-16-9(17)6-14(2)11(16)18/h4-6H2,1-3H3. The molecule has 6 nitrogen and oxygen atoms in total. The highest BCUT2D eigenvalue weighted by Gasteiger charge is 2.34. The zero-order chi connectivity index (χ0) is 13.4. The van der Waals surface area contributed by atoms with Crippen LogP contribution in [0.25, 0.3) is 0 Å². The van der Waals surface area contributed by atoms with Gasteiger partial charge >= 0.3 is 6.03 Å². The minimum atomic E-state index is -0.258. The van der Waals surface area contributed by atoms with E-state index in [2.05, 4.69) is 21.0 Å². The summed E-state index contributed by atoms with van der Waals surface area (Å²) in [6, 6.07) is -0.258. The molecule has 0 bridgehead atoms. The average molecular weight is 315 g/mol. The summed E-state index contributed by atoms with van der Waals surface area (Å²) < 4.78 is 2.59. The maximum Gasteiger partial charge on any atom is 0.327 e. The first-order chi connectivity index (χ1) is 8.45. The third-order valence-corrected chi connectivity index (χ3v) is 3.96. The molecule has 7 heteroatoms. The summed E-state index contributed by atoms with van der Waals surface area (Å²) in [5, 5.41) is 4.35. The number of halogens is 1. The molecule has 0 saturated carbocycles. The monoisotopic (exact) mass is 314 g/mol. The number of aromatic nitrogens is 2. The minimum Gasteiger partial charge on any atom is -0.318 e. The molecule has 98 valence electrons. The van der Waals surface area contributed by atoms with Crippen LogP contribution in [0.4, 0.5) is 4.79 Å². The van der Waals surface area contributed by atoms with Crippen molar-refractivity contribution >= 4 is 27.9 Å². The van der Waals surface area contributed by atoms with Crippen molar-refractivity contribution in [1.29, 1.82) is 0 Å². The van der Waals surface area contributed by atoms with Gasteiger partial charge < -0.3 is 4.90 Å². The highest BCUT2D eigenvalue weighted by molar-refractivity contribution is 9.10. The molecule has 1 aromatic rings. The zero-order valence-electron chi connectivity index (χ0n) is 10.6. The Bertz CT molecular complexity index is 511. The Labute approximate surface area is 114 Å². The SMILES string of the molecule is CCc1nn(C)c(CN2C(=O)CN(C)C2=O)c1Br.